The maximum absolute atomic E-state index is 10.5. The summed E-state index contributed by atoms with van der Waals surface area (Å²) in [4.78, 5) is 9.46. The van der Waals surface area contributed by atoms with Crippen LogP contribution >= 0.6 is 0 Å². The first-order chi connectivity index (χ1) is 4.54. The molecule has 0 heterocycles. The molecule has 0 radical (unpaired) electrons. The van der Waals surface area contributed by atoms with Gasteiger partial charge in [-0.3, -0.25) is 0 Å². The van der Waals surface area contributed by atoms with Crippen molar-refractivity contribution in [3.05, 3.63) is 0 Å². The quantitative estimate of drug-likeness (QED) is 0.405. The Morgan fingerprint density at radius 3 is 2.40 bits per heavy atom. The number of carbonyl (C=O) groups excluding carboxylic acids is 1. The van der Waals surface area contributed by atoms with E-state index in [1.807, 2.05) is 0 Å². The summed E-state index contributed by atoms with van der Waals surface area (Å²) in [7, 11) is -3.92. The van der Waals surface area contributed by atoms with Crippen LogP contribution in [-0.2, 0) is 14.8 Å². The summed E-state index contributed by atoms with van der Waals surface area (Å²) in [6.07, 6.45) is 0.859. The normalized spacial score (nSPS) is 12.8. The number of rotatable bonds is 2. The second-order valence-corrected chi connectivity index (χ2v) is 3.39. The van der Waals surface area contributed by atoms with E-state index in [0.29, 0.717) is 0 Å². The van der Waals surface area contributed by atoms with Crippen molar-refractivity contribution in [1.82, 2.24) is 0 Å². The summed E-state index contributed by atoms with van der Waals surface area (Å²) in [6, 6.07) is 1.43. The minimum absolute atomic E-state index is 0.859. The molecule has 0 aliphatic rings. The Labute approximate surface area is 58.0 Å². The van der Waals surface area contributed by atoms with Crippen LogP contribution in [0.4, 0.5) is 0 Å². The van der Waals surface area contributed by atoms with Crippen LogP contribution in [0.25, 0.3) is 0 Å². The fourth-order valence-corrected chi connectivity index (χ4v) is 0.593. The summed E-state index contributed by atoms with van der Waals surface area (Å²) >= 11 is 0. The number of isocyanates is 1. The molecule has 0 aliphatic carbocycles. The van der Waals surface area contributed by atoms with Crippen molar-refractivity contribution in [2.75, 3.05) is 0 Å². The van der Waals surface area contributed by atoms with E-state index in [9.17, 15) is 13.2 Å². The molecule has 0 saturated carbocycles. The molecule has 0 aromatic rings. The lowest BCUT2D eigenvalue weighted by atomic mass is 10.5. The van der Waals surface area contributed by atoms with Crippen LogP contribution in [0.2, 0.25) is 0 Å². The van der Waals surface area contributed by atoms with Gasteiger partial charge in [0, 0.05) is 0 Å². The molecule has 1 unspecified atom stereocenters. The van der Waals surface area contributed by atoms with Crippen molar-refractivity contribution in [3.63, 3.8) is 0 Å². The molecule has 0 rings (SSSR count). The van der Waals surface area contributed by atoms with E-state index in [1.165, 1.54) is 6.07 Å². The summed E-state index contributed by atoms with van der Waals surface area (Å²) in [5, 5.41) is 6.79. The van der Waals surface area contributed by atoms with Gasteiger partial charge in [-0.2, -0.15) is 5.26 Å². The van der Waals surface area contributed by atoms with E-state index < -0.39 is 15.3 Å². The van der Waals surface area contributed by atoms with Gasteiger partial charge in [0.25, 0.3) is 16.1 Å². The molecule has 0 aromatic carbocycles. The zero-order chi connectivity index (χ0) is 8.20. The molecule has 0 aliphatic heterocycles. The molecule has 0 N–H and O–H groups in total. The standard InChI is InChI=1S/C4H4N2O3S/c1-4(2-5)10(8,9)6-3-7/h4H,1H3. The number of nitriles is 1. The van der Waals surface area contributed by atoms with Crippen molar-refractivity contribution in [2.24, 2.45) is 4.40 Å². The van der Waals surface area contributed by atoms with Crippen molar-refractivity contribution < 1.29 is 13.2 Å². The van der Waals surface area contributed by atoms with Gasteiger partial charge in [0.05, 0.1) is 6.07 Å². The Kier molecular flexibility index (Phi) is 2.74. The summed E-state index contributed by atoms with van der Waals surface area (Å²) in [5.74, 6) is 0. The van der Waals surface area contributed by atoms with Gasteiger partial charge >= 0.3 is 0 Å². The van der Waals surface area contributed by atoms with Crippen molar-refractivity contribution in [1.29, 1.82) is 5.26 Å². The van der Waals surface area contributed by atoms with Gasteiger partial charge in [-0.1, -0.05) is 4.40 Å². The zero-order valence-electron chi connectivity index (χ0n) is 5.10. The lowest BCUT2D eigenvalue weighted by Gasteiger charge is -1.92. The van der Waals surface area contributed by atoms with Crippen LogP contribution < -0.4 is 0 Å². The Balaban J connectivity index is 4.80. The topological polar surface area (TPSA) is 87.4 Å². The Hall–Kier alpha value is -1.18. The first-order valence-corrected chi connectivity index (χ1v) is 3.77. The molecule has 0 spiro atoms. The molecule has 6 heteroatoms. The smallest absolute Gasteiger partial charge is 0.210 e. The zero-order valence-corrected chi connectivity index (χ0v) is 5.92. The lowest BCUT2D eigenvalue weighted by Crippen LogP contribution is -2.11. The van der Waals surface area contributed by atoms with Crippen molar-refractivity contribution in [3.8, 4) is 6.07 Å². The van der Waals surface area contributed by atoms with Gasteiger partial charge in [-0.05, 0) is 6.92 Å². The van der Waals surface area contributed by atoms with Crippen molar-refractivity contribution >= 4 is 16.1 Å². The van der Waals surface area contributed by atoms with E-state index in [0.717, 1.165) is 13.0 Å². The fraction of sp³-hybridized carbons (Fsp3) is 0.500. The van der Waals surface area contributed by atoms with E-state index in [2.05, 4.69) is 4.40 Å². The largest absolute Gasteiger partial charge is 0.279 e. The molecule has 0 aromatic heterocycles. The van der Waals surface area contributed by atoms with E-state index >= 15 is 0 Å². The van der Waals surface area contributed by atoms with Gasteiger partial charge in [0.2, 0.25) is 0 Å². The number of hydrogen-bond acceptors (Lipinski definition) is 4. The Bertz CT molecular complexity index is 293. The van der Waals surface area contributed by atoms with Crippen LogP contribution in [0, 0.1) is 11.3 Å². The highest BCUT2D eigenvalue weighted by Gasteiger charge is 2.18. The number of nitrogens with zero attached hydrogens (tertiary/aromatic N) is 2. The minimum Gasteiger partial charge on any atom is -0.210 e. The fourth-order valence-electron chi connectivity index (χ4n) is 0.198. The van der Waals surface area contributed by atoms with Crippen LogP contribution in [0.1, 0.15) is 6.92 Å². The highest BCUT2D eigenvalue weighted by molar-refractivity contribution is 7.91. The first kappa shape index (κ1) is 8.82. The predicted molar refractivity (Wildman–Crippen MR) is 32.1 cm³/mol. The Morgan fingerprint density at radius 2 is 2.10 bits per heavy atom. The predicted octanol–water partition coefficient (Wildman–Crippen LogP) is -0.436. The molecule has 0 fully saturated rings. The molecular weight excluding hydrogens is 156 g/mol. The molecular formula is C4H4N2O3S. The molecule has 1 atom stereocenters. The number of hydrogen-bond donors (Lipinski definition) is 0. The highest BCUT2D eigenvalue weighted by atomic mass is 32.2. The molecule has 10 heavy (non-hydrogen) atoms. The first-order valence-electron chi connectivity index (χ1n) is 2.27. The summed E-state index contributed by atoms with van der Waals surface area (Å²) in [6.45, 7) is 1.14. The van der Waals surface area contributed by atoms with Gasteiger partial charge in [0.1, 0.15) is 0 Å². The summed E-state index contributed by atoms with van der Waals surface area (Å²) in [5.41, 5.74) is 0. The minimum atomic E-state index is -3.92. The maximum atomic E-state index is 10.5. The van der Waals surface area contributed by atoms with Crippen molar-refractivity contribution in [2.45, 2.75) is 12.2 Å². The van der Waals surface area contributed by atoms with E-state index in [-0.39, 0.29) is 0 Å². The van der Waals surface area contributed by atoms with Crippen LogP contribution in [-0.4, -0.2) is 19.7 Å². The van der Waals surface area contributed by atoms with Gasteiger partial charge in [-0.25, -0.2) is 13.2 Å². The van der Waals surface area contributed by atoms with Gasteiger partial charge in [-0.15, -0.1) is 0 Å². The molecule has 0 amide bonds. The second-order valence-electron chi connectivity index (χ2n) is 1.47. The van der Waals surface area contributed by atoms with Gasteiger partial charge < -0.3 is 0 Å². The van der Waals surface area contributed by atoms with Gasteiger partial charge in [0.15, 0.2) is 5.25 Å². The highest BCUT2D eigenvalue weighted by Crippen LogP contribution is 1.99. The maximum Gasteiger partial charge on any atom is 0.279 e. The second kappa shape index (κ2) is 3.11. The third kappa shape index (κ3) is 1.97. The molecule has 0 bridgehead atoms. The van der Waals surface area contributed by atoms with Crippen LogP contribution in [0.5, 0.6) is 0 Å². The average Bonchev–Trinajstić information content (AvgIpc) is 1.86. The molecule has 54 valence electrons. The van der Waals surface area contributed by atoms with Crippen LogP contribution in [0.15, 0.2) is 4.40 Å². The molecule has 0 saturated heterocycles. The lowest BCUT2D eigenvalue weighted by molar-refractivity contribution is 0.563. The number of sulfonamides is 1. The third-order valence-electron chi connectivity index (χ3n) is 0.793. The van der Waals surface area contributed by atoms with Crippen LogP contribution in [0.3, 0.4) is 0 Å². The van der Waals surface area contributed by atoms with E-state index in [4.69, 9.17) is 5.26 Å². The SMILES string of the molecule is CC(C#N)S(=O)(=O)N=C=O. The Morgan fingerprint density at radius 1 is 1.60 bits per heavy atom. The molecule has 5 nitrogen and oxygen atoms in total. The third-order valence-corrected chi connectivity index (χ3v) is 2.12. The average molecular weight is 160 g/mol. The summed E-state index contributed by atoms with van der Waals surface area (Å²) < 4.78 is 23.5. The monoisotopic (exact) mass is 160 g/mol. The van der Waals surface area contributed by atoms with E-state index in [1.54, 1.807) is 0 Å².